The molecule has 0 aromatic carbocycles. The van der Waals surface area contributed by atoms with E-state index in [2.05, 4.69) is 27.5 Å². The van der Waals surface area contributed by atoms with Crippen molar-refractivity contribution in [3.8, 4) is 0 Å². The van der Waals surface area contributed by atoms with Crippen LogP contribution in [0.4, 0.5) is 5.82 Å². The van der Waals surface area contributed by atoms with Crippen LogP contribution in [0.2, 0.25) is 0 Å². The van der Waals surface area contributed by atoms with Crippen LogP contribution in [-0.2, 0) is 0 Å². The molecule has 0 aliphatic heterocycles. The van der Waals surface area contributed by atoms with E-state index in [0.29, 0.717) is 18.3 Å². The molecule has 1 aliphatic rings. The molecule has 1 aliphatic carbocycles. The van der Waals surface area contributed by atoms with Gasteiger partial charge in [0, 0.05) is 12.6 Å². The number of amides is 1. The fraction of sp³-hybridized carbons (Fsp3) is 0.688. The van der Waals surface area contributed by atoms with E-state index in [1.165, 1.54) is 38.5 Å². The molecule has 5 nitrogen and oxygen atoms in total. The van der Waals surface area contributed by atoms with Crippen molar-refractivity contribution in [3.63, 3.8) is 0 Å². The van der Waals surface area contributed by atoms with Crippen molar-refractivity contribution in [2.24, 2.45) is 0 Å². The van der Waals surface area contributed by atoms with Gasteiger partial charge in [0.05, 0.1) is 12.4 Å². The quantitative estimate of drug-likeness (QED) is 0.624. The molecule has 1 fully saturated rings. The number of hydrogen-bond acceptors (Lipinski definition) is 4. The molecular formula is C16H26N4O. The van der Waals surface area contributed by atoms with E-state index in [9.17, 15) is 4.79 Å². The minimum Gasteiger partial charge on any atom is -0.366 e. The highest BCUT2D eigenvalue weighted by atomic mass is 16.1. The van der Waals surface area contributed by atoms with Gasteiger partial charge in [0.25, 0.3) is 5.91 Å². The maximum Gasteiger partial charge on any atom is 0.271 e. The van der Waals surface area contributed by atoms with Crippen molar-refractivity contribution < 1.29 is 4.79 Å². The third kappa shape index (κ3) is 5.33. The predicted molar refractivity (Wildman–Crippen MR) is 84.4 cm³/mol. The molecule has 2 N–H and O–H groups in total. The summed E-state index contributed by atoms with van der Waals surface area (Å²) in [4.78, 5) is 20.4. The highest BCUT2D eigenvalue weighted by Crippen LogP contribution is 2.19. The second-order valence-corrected chi connectivity index (χ2v) is 5.73. The molecule has 1 amide bonds. The Kier molecular flexibility index (Phi) is 6.44. The first-order chi connectivity index (χ1) is 10.3. The summed E-state index contributed by atoms with van der Waals surface area (Å²) in [6.45, 7) is 2.79. The average Bonchev–Trinajstić information content (AvgIpc) is 2.77. The second kappa shape index (κ2) is 8.60. The Morgan fingerprint density at radius 3 is 2.57 bits per heavy atom. The van der Waals surface area contributed by atoms with E-state index in [1.807, 2.05) is 0 Å². The lowest BCUT2D eigenvalue weighted by Gasteiger charge is -2.16. The highest BCUT2D eigenvalue weighted by Gasteiger charge is 2.13. The minimum absolute atomic E-state index is 0.142. The van der Waals surface area contributed by atoms with E-state index in [-0.39, 0.29) is 5.91 Å². The van der Waals surface area contributed by atoms with Crippen LogP contribution in [0.5, 0.6) is 0 Å². The lowest BCUT2D eigenvalue weighted by Crippen LogP contribution is -2.25. The number of nitrogens with one attached hydrogen (secondary N) is 2. The number of unbranched alkanes of at least 4 members (excludes halogenated alkanes) is 1. The van der Waals surface area contributed by atoms with Gasteiger partial charge in [-0.2, -0.15) is 0 Å². The van der Waals surface area contributed by atoms with Crippen LogP contribution in [0.25, 0.3) is 0 Å². The topological polar surface area (TPSA) is 66.9 Å². The molecule has 0 unspecified atom stereocenters. The first-order valence-electron chi connectivity index (χ1n) is 8.16. The highest BCUT2D eigenvalue weighted by molar-refractivity contribution is 5.91. The van der Waals surface area contributed by atoms with Crippen LogP contribution < -0.4 is 10.6 Å². The molecule has 1 aromatic heterocycles. The largest absolute Gasteiger partial charge is 0.366 e. The van der Waals surface area contributed by atoms with Gasteiger partial charge in [-0.15, -0.1) is 0 Å². The summed E-state index contributed by atoms with van der Waals surface area (Å²) in [5, 5.41) is 6.28. The van der Waals surface area contributed by atoms with E-state index in [4.69, 9.17) is 0 Å². The van der Waals surface area contributed by atoms with Gasteiger partial charge in [0.1, 0.15) is 11.5 Å². The van der Waals surface area contributed by atoms with Gasteiger partial charge in [-0.05, 0) is 19.3 Å². The lowest BCUT2D eigenvalue weighted by molar-refractivity contribution is 0.0948. The van der Waals surface area contributed by atoms with Crippen molar-refractivity contribution in [1.82, 2.24) is 15.3 Å². The maximum absolute atomic E-state index is 11.8. The normalized spacial score (nSPS) is 16.2. The maximum atomic E-state index is 11.8. The molecule has 0 atom stereocenters. The number of carbonyl (C=O) groups is 1. The number of anilines is 1. The first kappa shape index (κ1) is 15.7. The smallest absolute Gasteiger partial charge is 0.271 e. The number of rotatable bonds is 6. The van der Waals surface area contributed by atoms with Crippen molar-refractivity contribution in [3.05, 3.63) is 18.1 Å². The van der Waals surface area contributed by atoms with Gasteiger partial charge < -0.3 is 10.6 Å². The molecule has 0 spiro atoms. The number of carbonyl (C=O) groups excluding carboxylic acids is 1. The zero-order valence-electron chi connectivity index (χ0n) is 12.9. The van der Waals surface area contributed by atoms with E-state index in [0.717, 1.165) is 18.7 Å². The molecule has 21 heavy (non-hydrogen) atoms. The Bertz CT molecular complexity index is 424. The van der Waals surface area contributed by atoms with E-state index in [1.54, 1.807) is 12.4 Å². The van der Waals surface area contributed by atoms with Crippen molar-refractivity contribution in [2.75, 3.05) is 11.9 Å². The monoisotopic (exact) mass is 290 g/mol. The Hall–Kier alpha value is -1.65. The van der Waals surface area contributed by atoms with Crippen LogP contribution in [0.1, 0.15) is 68.8 Å². The predicted octanol–water partition coefficient (Wildman–Crippen LogP) is 3.14. The standard InChI is InChI=1S/C16H26N4O/c1-2-3-10-17-16(21)14-11-19-15(12-18-14)20-13-8-6-4-5-7-9-13/h11-13H,2-10H2,1H3,(H,17,21)(H,19,20). The SMILES string of the molecule is CCCCNC(=O)c1cnc(NC2CCCCCC2)cn1. The average molecular weight is 290 g/mol. The van der Waals surface area contributed by atoms with Crippen LogP contribution in [0.3, 0.4) is 0 Å². The fourth-order valence-corrected chi connectivity index (χ4v) is 2.62. The summed E-state index contributed by atoms with van der Waals surface area (Å²) in [7, 11) is 0. The third-order valence-corrected chi connectivity index (χ3v) is 3.91. The van der Waals surface area contributed by atoms with Gasteiger partial charge >= 0.3 is 0 Å². The Labute approximate surface area is 127 Å². The Morgan fingerprint density at radius 1 is 1.19 bits per heavy atom. The number of nitrogens with zero attached hydrogens (tertiary/aromatic N) is 2. The first-order valence-corrected chi connectivity index (χ1v) is 8.16. The van der Waals surface area contributed by atoms with E-state index >= 15 is 0 Å². The molecule has 0 saturated heterocycles. The summed E-state index contributed by atoms with van der Waals surface area (Å²) < 4.78 is 0. The lowest BCUT2D eigenvalue weighted by atomic mass is 10.1. The van der Waals surface area contributed by atoms with Crippen LogP contribution in [0.15, 0.2) is 12.4 Å². The number of hydrogen-bond donors (Lipinski definition) is 2. The van der Waals surface area contributed by atoms with Crippen LogP contribution >= 0.6 is 0 Å². The van der Waals surface area contributed by atoms with Crippen LogP contribution in [0, 0.1) is 0 Å². The zero-order valence-corrected chi connectivity index (χ0v) is 12.9. The molecule has 116 valence electrons. The van der Waals surface area contributed by atoms with Gasteiger partial charge in [-0.3, -0.25) is 4.79 Å². The second-order valence-electron chi connectivity index (χ2n) is 5.73. The summed E-state index contributed by atoms with van der Waals surface area (Å²) in [6, 6.07) is 0.492. The Morgan fingerprint density at radius 2 is 1.95 bits per heavy atom. The summed E-state index contributed by atoms with van der Waals surface area (Å²) >= 11 is 0. The minimum atomic E-state index is -0.142. The molecule has 0 radical (unpaired) electrons. The van der Waals surface area contributed by atoms with Crippen LogP contribution in [-0.4, -0.2) is 28.5 Å². The van der Waals surface area contributed by atoms with E-state index < -0.39 is 0 Å². The summed E-state index contributed by atoms with van der Waals surface area (Å²) in [5.41, 5.74) is 0.387. The fourth-order valence-electron chi connectivity index (χ4n) is 2.62. The van der Waals surface area contributed by atoms with Gasteiger partial charge in [-0.25, -0.2) is 9.97 Å². The number of aromatic nitrogens is 2. The molecule has 5 heteroatoms. The molecule has 1 heterocycles. The van der Waals surface area contributed by atoms with Crippen molar-refractivity contribution in [1.29, 1.82) is 0 Å². The third-order valence-electron chi connectivity index (χ3n) is 3.91. The molecular weight excluding hydrogens is 264 g/mol. The molecule has 1 saturated carbocycles. The van der Waals surface area contributed by atoms with Gasteiger partial charge in [0.15, 0.2) is 0 Å². The van der Waals surface area contributed by atoms with Gasteiger partial charge in [-0.1, -0.05) is 39.0 Å². The summed E-state index contributed by atoms with van der Waals surface area (Å²) in [6.07, 6.45) is 12.9. The zero-order chi connectivity index (χ0) is 14.9. The van der Waals surface area contributed by atoms with Crippen molar-refractivity contribution >= 4 is 11.7 Å². The molecule has 2 rings (SSSR count). The Balaban J connectivity index is 1.84. The summed E-state index contributed by atoms with van der Waals surface area (Å²) in [5.74, 6) is 0.629. The molecule has 0 bridgehead atoms. The molecule has 1 aromatic rings. The van der Waals surface area contributed by atoms with Gasteiger partial charge in [0.2, 0.25) is 0 Å². The van der Waals surface area contributed by atoms with Crippen molar-refractivity contribution in [2.45, 2.75) is 64.3 Å².